The molecule has 8 heteroatoms. The highest BCUT2D eigenvalue weighted by Gasteiger charge is 2.31. The number of unbranched alkanes of at least 4 members (excludes halogenated alkanes) is 5. The van der Waals surface area contributed by atoms with Crippen molar-refractivity contribution in [2.75, 3.05) is 11.9 Å². The fourth-order valence-corrected chi connectivity index (χ4v) is 3.94. The molecule has 0 bridgehead atoms. The van der Waals surface area contributed by atoms with E-state index in [2.05, 4.69) is 15.7 Å². The Hall–Kier alpha value is -2.74. The van der Waals surface area contributed by atoms with Crippen LogP contribution in [0.15, 0.2) is 18.2 Å². The Balaban J connectivity index is 1.58. The van der Waals surface area contributed by atoms with Gasteiger partial charge in [-0.05, 0) is 44.0 Å². The maximum absolute atomic E-state index is 12.3. The molecule has 2 heterocycles. The van der Waals surface area contributed by atoms with Gasteiger partial charge in [-0.2, -0.15) is 5.10 Å². The van der Waals surface area contributed by atoms with Crippen molar-refractivity contribution < 1.29 is 14.4 Å². The number of nitrogens with one attached hydrogen (secondary N) is 2. The third-order valence-electron chi connectivity index (χ3n) is 5.59. The average Bonchev–Trinajstić information content (AvgIpc) is 3.03. The van der Waals surface area contributed by atoms with E-state index in [-0.39, 0.29) is 17.7 Å². The molecule has 3 amide bonds. The molecule has 1 unspecified atom stereocenters. The number of carbonyl (C=O) groups is 3. The second kappa shape index (κ2) is 10.3. The van der Waals surface area contributed by atoms with Gasteiger partial charge in [0.15, 0.2) is 0 Å². The second-order valence-corrected chi connectivity index (χ2v) is 7.95. The van der Waals surface area contributed by atoms with Gasteiger partial charge in [-0.15, -0.1) is 0 Å². The molecule has 1 fully saturated rings. The van der Waals surface area contributed by atoms with E-state index in [9.17, 15) is 14.4 Å². The molecule has 4 N–H and O–H groups in total. The average molecular weight is 414 g/mol. The van der Waals surface area contributed by atoms with Gasteiger partial charge >= 0.3 is 0 Å². The monoisotopic (exact) mass is 413 g/mol. The fourth-order valence-electron chi connectivity index (χ4n) is 3.94. The van der Waals surface area contributed by atoms with Gasteiger partial charge in [0.05, 0.1) is 17.1 Å². The van der Waals surface area contributed by atoms with Crippen molar-refractivity contribution in [3.63, 3.8) is 0 Å². The van der Waals surface area contributed by atoms with Gasteiger partial charge in [-0.3, -0.25) is 24.4 Å². The largest absolute Gasteiger partial charge is 0.330 e. The van der Waals surface area contributed by atoms with Gasteiger partial charge < -0.3 is 11.1 Å². The van der Waals surface area contributed by atoms with E-state index in [0.29, 0.717) is 30.6 Å². The Bertz CT molecular complexity index is 921. The van der Waals surface area contributed by atoms with Gasteiger partial charge in [-0.25, -0.2) is 0 Å². The first-order chi connectivity index (χ1) is 14.5. The van der Waals surface area contributed by atoms with Crippen LogP contribution in [0.3, 0.4) is 0 Å². The Kier molecular flexibility index (Phi) is 7.57. The van der Waals surface area contributed by atoms with Crippen LogP contribution in [0.2, 0.25) is 0 Å². The summed E-state index contributed by atoms with van der Waals surface area (Å²) in [6, 6.07) is 5.60. The van der Waals surface area contributed by atoms with Gasteiger partial charge in [0, 0.05) is 31.0 Å². The molecule has 30 heavy (non-hydrogen) atoms. The Morgan fingerprint density at radius 3 is 2.67 bits per heavy atom. The number of hydrogen-bond acceptors (Lipinski definition) is 5. The van der Waals surface area contributed by atoms with E-state index >= 15 is 0 Å². The molecule has 0 radical (unpaired) electrons. The molecule has 1 atom stereocenters. The number of amides is 3. The zero-order valence-corrected chi connectivity index (χ0v) is 17.6. The lowest BCUT2D eigenvalue weighted by Gasteiger charge is -2.19. The summed E-state index contributed by atoms with van der Waals surface area (Å²) in [7, 11) is 1.81. The molecule has 1 aromatic carbocycles. The van der Waals surface area contributed by atoms with Crippen LogP contribution in [0.4, 0.5) is 5.69 Å². The van der Waals surface area contributed by atoms with E-state index in [1.54, 1.807) is 4.68 Å². The molecule has 8 nitrogen and oxygen atoms in total. The lowest BCUT2D eigenvalue weighted by atomic mass is 9.93. The number of nitrogens with two attached hydrogens (primary N) is 1. The van der Waals surface area contributed by atoms with Crippen LogP contribution in [0.1, 0.15) is 69.4 Å². The van der Waals surface area contributed by atoms with E-state index in [0.717, 1.165) is 49.6 Å². The molecule has 3 rings (SSSR count). The molecule has 2 aromatic rings. The number of fused-ring (bicyclic) bond motifs is 1. The van der Waals surface area contributed by atoms with E-state index in [4.69, 9.17) is 5.73 Å². The smallest absolute Gasteiger partial charge is 0.235 e. The first-order valence-electron chi connectivity index (χ1n) is 10.8. The van der Waals surface area contributed by atoms with Gasteiger partial charge in [0.2, 0.25) is 17.7 Å². The van der Waals surface area contributed by atoms with Crippen molar-refractivity contribution in [2.24, 2.45) is 12.8 Å². The minimum Gasteiger partial charge on any atom is -0.330 e. The maximum Gasteiger partial charge on any atom is 0.235 e. The summed E-state index contributed by atoms with van der Waals surface area (Å²) in [6.45, 7) is 0.748. The van der Waals surface area contributed by atoms with Crippen molar-refractivity contribution >= 4 is 34.3 Å². The minimum absolute atomic E-state index is 0.00358. The Labute approximate surface area is 176 Å². The van der Waals surface area contributed by atoms with Crippen molar-refractivity contribution in [3.8, 4) is 0 Å². The maximum atomic E-state index is 12.3. The van der Waals surface area contributed by atoms with Crippen LogP contribution in [-0.4, -0.2) is 34.0 Å². The summed E-state index contributed by atoms with van der Waals surface area (Å²) < 4.78 is 1.71. The van der Waals surface area contributed by atoms with Crippen LogP contribution >= 0.6 is 0 Å². The molecule has 162 valence electrons. The summed E-state index contributed by atoms with van der Waals surface area (Å²) in [4.78, 5) is 35.9. The fraction of sp³-hybridized carbons (Fsp3) is 0.545. The third-order valence-corrected chi connectivity index (χ3v) is 5.59. The number of hydrogen-bond donors (Lipinski definition) is 3. The number of rotatable bonds is 10. The van der Waals surface area contributed by atoms with Crippen molar-refractivity contribution in [1.82, 2.24) is 15.1 Å². The molecule has 0 aliphatic carbocycles. The molecule has 0 spiro atoms. The molecule has 1 aliphatic heterocycles. The lowest BCUT2D eigenvalue weighted by Crippen LogP contribution is -2.39. The van der Waals surface area contributed by atoms with Crippen molar-refractivity contribution in [2.45, 2.75) is 63.7 Å². The van der Waals surface area contributed by atoms with Crippen LogP contribution < -0.4 is 16.4 Å². The number of aryl methyl sites for hydroxylation is 1. The molecule has 1 aromatic heterocycles. The predicted molar refractivity (Wildman–Crippen MR) is 116 cm³/mol. The Morgan fingerprint density at radius 2 is 1.93 bits per heavy atom. The summed E-state index contributed by atoms with van der Waals surface area (Å²) >= 11 is 0. The Morgan fingerprint density at radius 1 is 1.20 bits per heavy atom. The number of imide groups is 1. The highest BCUT2D eigenvalue weighted by Crippen LogP contribution is 2.31. The number of carbonyl (C=O) groups excluding carboxylic acids is 3. The van der Waals surface area contributed by atoms with Gasteiger partial charge in [-0.1, -0.05) is 25.7 Å². The topological polar surface area (TPSA) is 119 Å². The summed E-state index contributed by atoms with van der Waals surface area (Å²) in [5.41, 5.74) is 7.72. The molecular formula is C22H31N5O3. The van der Waals surface area contributed by atoms with Gasteiger partial charge in [0.1, 0.15) is 0 Å². The second-order valence-electron chi connectivity index (χ2n) is 7.95. The number of aromatic nitrogens is 2. The summed E-state index contributed by atoms with van der Waals surface area (Å²) in [5, 5.41) is 10.7. The third kappa shape index (κ3) is 5.44. The highest BCUT2D eigenvalue weighted by molar-refractivity contribution is 6.03. The number of benzene rings is 1. The zero-order chi connectivity index (χ0) is 21.5. The first-order valence-corrected chi connectivity index (χ1v) is 10.8. The lowest BCUT2D eigenvalue weighted by molar-refractivity contribution is -0.134. The van der Waals surface area contributed by atoms with Crippen LogP contribution in [0.25, 0.3) is 10.9 Å². The minimum atomic E-state index is -0.434. The normalized spacial score (nSPS) is 16.7. The molecular weight excluding hydrogens is 382 g/mol. The van der Waals surface area contributed by atoms with E-state index < -0.39 is 5.92 Å². The highest BCUT2D eigenvalue weighted by atomic mass is 16.2. The summed E-state index contributed by atoms with van der Waals surface area (Å²) in [6.07, 6.45) is 7.74. The van der Waals surface area contributed by atoms with Crippen molar-refractivity contribution in [3.05, 3.63) is 23.9 Å². The van der Waals surface area contributed by atoms with Crippen LogP contribution in [0, 0.1) is 0 Å². The standard InChI is InChI=1S/C22H31N5O3/c1-27-18-14-15(24-19(28)8-6-4-2-3-5-7-13-23)9-10-16(18)21(26-27)17-11-12-20(29)25-22(17)30/h9-10,14,17H,2-8,11-13,23H2,1H3,(H,24,28)(H,25,29,30). The van der Waals surface area contributed by atoms with Crippen LogP contribution in [-0.2, 0) is 21.4 Å². The number of anilines is 1. The first kappa shape index (κ1) is 22.0. The molecule has 1 aliphatic rings. The van der Waals surface area contributed by atoms with Crippen LogP contribution in [0.5, 0.6) is 0 Å². The van der Waals surface area contributed by atoms with Crippen molar-refractivity contribution in [1.29, 1.82) is 0 Å². The number of nitrogens with zero attached hydrogens (tertiary/aromatic N) is 2. The SMILES string of the molecule is Cn1nc(C2CCC(=O)NC2=O)c2ccc(NC(=O)CCCCCCCCN)cc21. The zero-order valence-electron chi connectivity index (χ0n) is 17.6. The number of piperidine rings is 1. The quantitative estimate of drug-likeness (QED) is 0.409. The molecule has 0 saturated carbocycles. The molecule has 1 saturated heterocycles. The van der Waals surface area contributed by atoms with E-state index in [1.165, 1.54) is 6.42 Å². The predicted octanol–water partition coefficient (Wildman–Crippen LogP) is 2.72. The van der Waals surface area contributed by atoms with E-state index in [1.807, 2.05) is 25.2 Å². The van der Waals surface area contributed by atoms with Gasteiger partial charge in [0.25, 0.3) is 0 Å². The summed E-state index contributed by atoms with van der Waals surface area (Å²) in [5.74, 6) is -0.968.